The largest absolute Gasteiger partial charge is 0.302 e. The molecule has 2 aromatic carbocycles. The van der Waals surface area contributed by atoms with Gasteiger partial charge in [-0.15, -0.1) is 0 Å². The summed E-state index contributed by atoms with van der Waals surface area (Å²) in [4.78, 5) is 21.7. The molecule has 1 amide bonds. The lowest BCUT2D eigenvalue weighted by Crippen LogP contribution is -2.09. The topological polar surface area (TPSA) is 119 Å². The summed E-state index contributed by atoms with van der Waals surface area (Å²) in [5.74, 6) is -0.156. The Labute approximate surface area is 229 Å². The summed E-state index contributed by atoms with van der Waals surface area (Å²) in [6.45, 7) is 1.48. The number of carbonyl (C=O) groups excluding carboxylic acids is 1. The highest BCUT2D eigenvalue weighted by Gasteiger charge is 2.30. The van der Waals surface area contributed by atoms with Crippen molar-refractivity contribution in [2.45, 2.75) is 19.8 Å². The maximum Gasteiger partial charge on any atom is 0.229 e. The van der Waals surface area contributed by atoms with E-state index in [4.69, 9.17) is 5.10 Å². The monoisotopic (exact) mass is 556 g/mol. The van der Waals surface area contributed by atoms with Crippen molar-refractivity contribution >= 4 is 38.1 Å². The summed E-state index contributed by atoms with van der Waals surface area (Å²) in [5.41, 5.74) is 8.13. The second kappa shape index (κ2) is 9.75. The van der Waals surface area contributed by atoms with Crippen LogP contribution in [0.1, 0.15) is 18.2 Å². The van der Waals surface area contributed by atoms with Gasteiger partial charge in [0.15, 0.2) is 5.13 Å². The van der Waals surface area contributed by atoms with Gasteiger partial charge < -0.3 is 5.32 Å². The van der Waals surface area contributed by atoms with Crippen molar-refractivity contribution in [3.63, 3.8) is 0 Å². The van der Waals surface area contributed by atoms with Gasteiger partial charge in [0.1, 0.15) is 0 Å². The molecule has 1 aliphatic carbocycles. The zero-order valence-corrected chi connectivity index (χ0v) is 22.8. The van der Waals surface area contributed by atoms with Crippen LogP contribution in [0, 0.1) is 0 Å². The molecule has 3 aromatic heterocycles. The first-order valence-electron chi connectivity index (χ1n) is 12.2. The maximum absolute atomic E-state index is 11.7. The van der Waals surface area contributed by atoms with E-state index in [2.05, 4.69) is 26.1 Å². The number of nitrogens with zero attached hydrogens (tertiary/aromatic N) is 4. The van der Waals surface area contributed by atoms with E-state index in [-0.39, 0.29) is 5.91 Å². The van der Waals surface area contributed by atoms with Gasteiger partial charge in [-0.05, 0) is 60.4 Å². The van der Waals surface area contributed by atoms with Crippen LogP contribution in [0.2, 0.25) is 0 Å². The average molecular weight is 557 g/mol. The fourth-order valence-electron chi connectivity index (χ4n) is 4.76. The first-order chi connectivity index (χ1) is 18.7. The lowest BCUT2D eigenvalue weighted by atomic mass is 9.95. The normalized spacial score (nSPS) is 12.5. The molecule has 6 rings (SSSR count). The summed E-state index contributed by atoms with van der Waals surface area (Å²) >= 11 is 1.45. The smallest absolute Gasteiger partial charge is 0.229 e. The molecule has 0 atom stereocenters. The van der Waals surface area contributed by atoms with Crippen LogP contribution in [0.3, 0.4) is 0 Å². The molecule has 3 heterocycles. The Hall–Kier alpha value is -4.35. The van der Waals surface area contributed by atoms with E-state index >= 15 is 0 Å². The highest BCUT2D eigenvalue weighted by Crippen LogP contribution is 2.44. The van der Waals surface area contributed by atoms with E-state index in [1.807, 2.05) is 53.3 Å². The standard InChI is InChI=1S/C28H24N6O3S2/c1-17(35)30-28-31-24-13-12-23-25(20-6-4-14-29-16-20)32-34(26(23)27(24)38-28)22-7-3-5-19(15-22)18-8-10-21(11-9-18)33-39(2,36)37/h3-11,14-16,33H,12-13H2,1-2H3,(H,30,31,35). The maximum atomic E-state index is 11.7. The second-order valence-corrected chi connectivity index (χ2v) is 12.1. The fourth-order valence-corrected chi connectivity index (χ4v) is 6.44. The SMILES string of the molecule is CC(=O)Nc1nc2c(s1)-c1c(c(-c3cccnc3)nn1-c1cccc(-c3ccc(NS(C)(=O)=O)cc3)c1)CC2. The number of fused-ring (bicyclic) bond motifs is 3. The number of hydrogen-bond donors (Lipinski definition) is 2. The number of carbonyl (C=O) groups is 1. The van der Waals surface area contributed by atoms with Crippen molar-refractivity contribution in [3.05, 3.63) is 84.3 Å². The molecule has 1 aliphatic rings. The second-order valence-electron chi connectivity index (χ2n) is 9.31. The van der Waals surface area contributed by atoms with Crippen molar-refractivity contribution < 1.29 is 13.2 Å². The van der Waals surface area contributed by atoms with Gasteiger partial charge in [0.2, 0.25) is 15.9 Å². The molecule has 0 saturated carbocycles. The van der Waals surface area contributed by atoms with E-state index in [1.54, 1.807) is 18.3 Å². The van der Waals surface area contributed by atoms with E-state index in [1.165, 1.54) is 18.3 Å². The summed E-state index contributed by atoms with van der Waals surface area (Å²) in [5, 5.41) is 8.48. The predicted octanol–water partition coefficient (Wildman–Crippen LogP) is 5.15. The number of anilines is 2. The van der Waals surface area contributed by atoms with Crippen molar-refractivity contribution in [1.29, 1.82) is 0 Å². The molecule has 0 bridgehead atoms. The summed E-state index contributed by atoms with van der Waals surface area (Å²) in [7, 11) is -3.35. The van der Waals surface area contributed by atoms with Crippen LogP contribution in [0.15, 0.2) is 73.1 Å². The van der Waals surface area contributed by atoms with Gasteiger partial charge >= 0.3 is 0 Å². The number of amides is 1. The van der Waals surface area contributed by atoms with Crippen LogP contribution < -0.4 is 10.0 Å². The van der Waals surface area contributed by atoms with Gasteiger partial charge in [-0.25, -0.2) is 18.1 Å². The highest BCUT2D eigenvalue weighted by atomic mass is 32.2. The Balaban J connectivity index is 1.47. The van der Waals surface area contributed by atoms with Gasteiger partial charge in [0.05, 0.1) is 33.9 Å². The first-order valence-corrected chi connectivity index (χ1v) is 14.9. The van der Waals surface area contributed by atoms with Crippen molar-refractivity contribution in [1.82, 2.24) is 19.7 Å². The Morgan fingerprint density at radius 1 is 1.00 bits per heavy atom. The van der Waals surface area contributed by atoms with Gasteiger partial charge in [-0.2, -0.15) is 5.10 Å². The fraction of sp³-hybridized carbons (Fsp3) is 0.143. The molecule has 0 spiro atoms. The lowest BCUT2D eigenvalue weighted by molar-refractivity contribution is -0.114. The molecule has 11 heteroatoms. The molecule has 0 radical (unpaired) electrons. The van der Waals surface area contributed by atoms with Gasteiger partial charge in [-0.3, -0.25) is 14.5 Å². The summed E-state index contributed by atoms with van der Waals surface area (Å²) in [6, 6.07) is 19.2. The van der Waals surface area contributed by atoms with Crippen molar-refractivity contribution in [2.75, 3.05) is 16.3 Å². The molecule has 5 aromatic rings. The highest BCUT2D eigenvalue weighted by molar-refractivity contribution is 7.92. The number of nitrogens with one attached hydrogen (secondary N) is 2. The third-order valence-electron chi connectivity index (χ3n) is 6.34. The first kappa shape index (κ1) is 25.0. The Morgan fingerprint density at radius 2 is 1.79 bits per heavy atom. The zero-order chi connectivity index (χ0) is 27.1. The minimum atomic E-state index is -3.35. The molecule has 0 unspecified atom stereocenters. The molecular weight excluding hydrogens is 532 g/mol. The number of rotatable bonds is 6. The number of benzene rings is 2. The van der Waals surface area contributed by atoms with Crippen LogP contribution in [0.5, 0.6) is 0 Å². The quantitative estimate of drug-likeness (QED) is 0.298. The number of sulfonamides is 1. The zero-order valence-electron chi connectivity index (χ0n) is 21.2. The van der Waals surface area contributed by atoms with Crippen LogP contribution in [-0.2, 0) is 27.7 Å². The Bertz CT molecular complexity index is 1810. The Kier molecular flexibility index (Phi) is 6.24. The van der Waals surface area contributed by atoms with Gasteiger partial charge in [-0.1, -0.05) is 35.6 Å². The minimum Gasteiger partial charge on any atom is -0.302 e. The van der Waals surface area contributed by atoms with Gasteiger partial charge in [0, 0.05) is 36.1 Å². The molecule has 0 fully saturated rings. The molecule has 0 saturated heterocycles. The van der Waals surface area contributed by atoms with Crippen molar-refractivity contribution in [2.24, 2.45) is 0 Å². The van der Waals surface area contributed by atoms with Crippen LogP contribution in [0.4, 0.5) is 10.8 Å². The predicted molar refractivity (Wildman–Crippen MR) is 154 cm³/mol. The van der Waals surface area contributed by atoms with E-state index in [0.717, 1.165) is 69.0 Å². The van der Waals surface area contributed by atoms with Crippen molar-refractivity contribution in [3.8, 4) is 38.6 Å². The third-order valence-corrected chi connectivity index (χ3v) is 7.96. The minimum absolute atomic E-state index is 0.156. The number of pyridine rings is 1. The Morgan fingerprint density at radius 3 is 2.51 bits per heavy atom. The summed E-state index contributed by atoms with van der Waals surface area (Å²) in [6.07, 6.45) is 6.21. The number of aryl methyl sites for hydroxylation is 1. The molecule has 9 nitrogen and oxygen atoms in total. The number of thiazole rings is 1. The number of aromatic nitrogens is 4. The summed E-state index contributed by atoms with van der Waals surface area (Å²) < 4.78 is 27.6. The van der Waals surface area contributed by atoms with Gasteiger partial charge in [0.25, 0.3) is 0 Å². The molecular formula is C28H24N6O3S2. The van der Waals surface area contributed by atoms with Crippen LogP contribution >= 0.6 is 11.3 Å². The molecule has 0 aliphatic heterocycles. The molecule has 2 N–H and O–H groups in total. The number of hydrogen-bond acceptors (Lipinski definition) is 7. The average Bonchev–Trinajstić information content (AvgIpc) is 3.49. The van der Waals surface area contributed by atoms with Crippen LogP contribution in [0.25, 0.3) is 38.6 Å². The molecule has 196 valence electrons. The van der Waals surface area contributed by atoms with E-state index in [0.29, 0.717) is 10.8 Å². The lowest BCUT2D eigenvalue weighted by Gasteiger charge is -2.15. The third kappa shape index (κ3) is 5.06. The van der Waals surface area contributed by atoms with E-state index < -0.39 is 10.0 Å². The van der Waals surface area contributed by atoms with Crippen LogP contribution in [-0.4, -0.2) is 40.3 Å². The van der Waals surface area contributed by atoms with E-state index in [9.17, 15) is 13.2 Å². The molecule has 39 heavy (non-hydrogen) atoms.